The Morgan fingerprint density at radius 1 is 1.05 bits per heavy atom. The highest BCUT2D eigenvalue weighted by Gasteiger charge is 2.48. The molecule has 0 atom stereocenters. The molecular formula is C16H20N2O2. The highest BCUT2D eigenvalue weighted by molar-refractivity contribution is 5.59. The number of nitrogen functional groups attached to an aromatic ring is 1. The lowest BCUT2D eigenvalue weighted by Crippen LogP contribution is -2.43. The van der Waals surface area contributed by atoms with Crippen molar-refractivity contribution in [2.45, 2.75) is 38.0 Å². The molecular weight excluding hydrogens is 252 g/mol. The molecule has 4 aliphatic rings. The van der Waals surface area contributed by atoms with Crippen LogP contribution in [-0.4, -0.2) is 4.92 Å². The van der Waals surface area contributed by atoms with Gasteiger partial charge < -0.3 is 5.73 Å². The van der Waals surface area contributed by atoms with Crippen molar-refractivity contribution >= 4 is 11.4 Å². The number of nitro benzene ring substituents is 1. The molecule has 0 amide bonds. The number of anilines is 1. The van der Waals surface area contributed by atoms with E-state index in [0.717, 1.165) is 29.2 Å². The van der Waals surface area contributed by atoms with Gasteiger partial charge in [0.05, 0.1) is 4.92 Å². The largest absolute Gasteiger partial charge is 0.393 e. The van der Waals surface area contributed by atoms with Gasteiger partial charge in [0.1, 0.15) is 5.69 Å². The highest BCUT2D eigenvalue weighted by Crippen LogP contribution is 2.59. The maximum absolute atomic E-state index is 11.1. The van der Waals surface area contributed by atoms with Gasteiger partial charge in [-0.05, 0) is 73.3 Å². The van der Waals surface area contributed by atoms with Gasteiger partial charge in [-0.3, -0.25) is 10.1 Å². The Bertz CT molecular complexity index is 542. The van der Waals surface area contributed by atoms with Crippen LogP contribution < -0.4 is 5.73 Å². The summed E-state index contributed by atoms with van der Waals surface area (Å²) in [6, 6.07) is 5.48. The number of nitrogens with zero attached hydrogens (tertiary/aromatic N) is 1. The standard InChI is InChI=1S/C16H20N2O2/c17-14-2-1-11(8-15(14)18(19)20)16-12-4-9-3-10(6-12)7-13(16)5-9/h1-2,8-10,12-13,16H,3-7,17H2. The van der Waals surface area contributed by atoms with E-state index >= 15 is 0 Å². The average Bonchev–Trinajstić information content (AvgIpc) is 2.38. The second-order valence-electron chi connectivity index (χ2n) is 7.03. The van der Waals surface area contributed by atoms with E-state index in [2.05, 4.69) is 0 Å². The third-order valence-electron chi connectivity index (χ3n) is 5.86. The Morgan fingerprint density at radius 3 is 2.20 bits per heavy atom. The van der Waals surface area contributed by atoms with Crippen LogP contribution in [0.1, 0.15) is 43.6 Å². The van der Waals surface area contributed by atoms with Crippen LogP contribution in [-0.2, 0) is 0 Å². The average molecular weight is 272 g/mol. The summed E-state index contributed by atoms with van der Waals surface area (Å²) in [5.74, 6) is 3.88. The number of rotatable bonds is 2. The van der Waals surface area contributed by atoms with Crippen molar-refractivity contribution in [3.05, 3.63) is 33.9 Å². The third kappa shape index (κ3) is 1.74. The molecule has 2 N–H and O–H groups in total. The van der Waals surface area contributed by atoms with Crippen LogP contribution in [0.5, 0.6) is 0 Å². The minimum Gasteiger partial charge on any atom is -0.393 e. The van der Waals surface area contributed by atoms with Crippen LogP contribution in [0.25, 0.3) is 0 Å². The van der Waals surface area contributed by atoms with E-state index in [1.807, 2.05) is 6.07 Å². The van der Waals surface area contributed by atoms with E-state index < -0.39 is 0 Å². The molecule has 0 radical (unpaired) electrons. The van der Waals surface area contributed by atoms with Gasteiger partial charge in [-0.1, -0.05) is 6.07 Å². The zero-order valence-electron chi connectivity index (χ0n) is 11.5. The molecule has 4 aliphatic carbocycles. The molecule has 4 bridgehead atoms. The summed E-state index contributed by atoms with van der Waals surface area (Å²) in [6.07, 6.45) is 6.75. The van der Waals surface area contributed by atoms with Gasteiger partial charge in [0, 0.05) is 6.07 Å². The number of nitro groups is 1. The SMILES string of the molecule is Nc1ccc(C2C3CC4CC(C3)CC2C4)cc1[N+](=O)[O-]. The van der Waals surface area contributed by atoms with Crippen LogP contribution in [0, 0.1) is 33.8 Å². The first-order chi connectivity index (χ1) is 9.61. The van der Waals surface area contributed by atoms with Crippen LogP contribution in [0.15, 0.2) is 18.2 Å². The Hall–Kier alpha value is -1.58. The maximum Gasteiger partial charge on any atom is 0.292 e. The number of hydrogen-bond acceptors (Lipinski definition) is 3. The first-order valence-electron chi connectivity index (χ1n) is 7.65. The van der Waals surface area contributed by atoms with Gasteiger partial charge in [-0.2, -0.15) is 0 Å². The van der Waals surface area contributed by atoms with E-state index in [1.54, 1.807) is 12.1 Å². The molecule has 0 spiro atoms. The van der Waals surface area contributed by atoms with Crippen molar-refractivity contribution in [3.63, 3.8) is 0 Å². The topological polar surface area (TPSA) is 69.2 Å². The predicted molar refractivity (Wildman–Crippen MR) is 77.3 cm³/mol. The number of hydrogen-bond donors (Lipinski definition) is 1. The van der Waals surface area contributed by atoms with E-state index in [4.69, 9.17) is 5.73 Å². The summed E-state index contributed by atoms with van der Waals surface area (Å²) >= 11 is 0. The lowest BCUT2D eigenvalue weighted by Gasteiger charge is -2.54. The highest BCUT2D eigenvalue weighted by atomic mass is 16.6. The van der Waals surface area contributed by atoms with E-state index in [-0.39, 0.29) is 16.3 Å². The zero-order chi connectivity index (χ0) is 13.9. The van der Waals surface area contributed by atoms with Crippen LogP contribution in [0.2, 0.25) is 0 Å². The molecule has 1 aromatic carbocycles. The summed E-state index contributed by atoms with van der Waals surface area (Å²) in [5, 5.41) is 11.1. The predicted octanol–water partition coefficient (Wildman–Crippen LogP) is 3.72. The molecule has 4 heteroatoms. The summed E-state index contributed by atoms with van der Waals surface area (Å²) in [5.41, 5.74) is 7.24. The van der Waals surface area contributed by atoms with Crippen molar-refractivity contribution < 1.29 is 4.92 Å². The second-order valence-corrected chi connectivity index (χ2v) is 7.03. The minimum absolute atomic E-state index is 0.0799. The van der Waals surface area contributed by atoms with Gasteiger partial charge in [0.2, 0.25) is 0 Å². The Kier molecular flexibility index (Phi) is 2.56. The van der Waals surface area contributed by atoms with Crippen LogP contribution >= 0.6 is 0 Å². The molecule has 20 heavy (non-hydrogen) atoms. The molecule has 0 saturated heterocycles. The fraction of sp³-hybridized carbons (Fsp3) is 0.625. The molecule has 5 rings (SSSR count). The molecule has 1 aromatic rings. The van der Waals surface area contributed by atoms with Crippen molar-refractivity contribution in [1.82, 2.24) is 0 Å². The van der Waals surface area contributed by atoms with E-state index in [9.17, 15) is 10.1 Å². The van der Waals surface area contributed by atoms with Crippen LogP contribution in [0.3, 0.4) is 0 Å². The molecule has 0 aliphatic heterocycles. The van der Waals surface area contributed by atoms with Gasteiger partial charge in [-0.15, -0.1) is 0 Å². The molecule has 0 unspecified atom stereocenters. The maximum atomic E-state index is 11.1. The van der Waals surface area contributed by atoms with Crippen molar-refractivity contribution in [3.8, 4) is 0 Å². The van der Waals surface area contributed by atoms with E-state index in [1.165, 1.54) is 32.1 Å². The molecule has 4 fully saturated rings. The monoisotopic (exact) mass is 272 g/mol. The quantitative estimate of drug-likeness (QED) is 0.507. The molecule has 4 saturated carbocycles. The zero-order valence-corrected chi connectivity index (χ0v) is 11.5. The summed E-state index contributed by atoms with van der Waals surface area (Å²) in [4.78, 5) is 10.7. The lowest BCUT2D eigenvalue weighted by molar-refractivity contribution is -0.384. The Labute approximate surface area is 118 Å². The van der Waals surface area contributed by atoms with Gasteiger partial charge in [0.25, 0.3) is 5.69 Å². The van der Waals surface area contributed by atoms with Crippen molar-refractivity contribution in [2.75, 3.05) is 5.73 Å². The fourth-order valence-corrected chi connectivity index (χ4v) is 5.40. The molecule has 0 heterocycles. The van der Waals surface area contributed by atoms with Gasteiger partial charge in [-0.25, -0.2) is 0 Å². The van der Waals surface area contributed by atoms with E-state index in [0.29, 0.717) is 5.92 Å². The molecule has 4 nitrogen and oxygen atoms in total. The smallest absolute Gasteiger partial charge is 0.292 e. The fourth-order valence-electron chi connectivity index (χ4n) is 5.40. The third-order valence-corrected chi connectivity index (χ3v) is 5.86. The minimum atomic E-state index is -0.352. The van der Waals surface area contributed by atoms with Gasteiger partial charge >= 0.3 is 0 Å². The first kappa shape index (κ1) is 12.2. The Morgan fingerprint density at radius 2 is 1.65 bits per heavy atom. The second kappa shape index (κ2) is 4.21. The number of nitrogens with two attached hydrogens (primary N) is 1. The summed E-state index contributed by atoms with van der Waals surface area (Å²) in [6.45, 7) is 0. The van der Waals surface area contributed by atoms with Gasteiger partial charge in [0.15, 0.2) is 0 Å². The number of benzene rings is 1. The lowest BCUT2D eigenvalue weighted by atomic mass is 9.51. The van der Waals surface area contributed by atoms with Crippen LogP contribution in [0.4, 0.5) is 11.4 Å². The first-order valence-corrected chi connectivity index (χ1v) is 7.65. The van der Waals surface area contributed by atoms with Crippen molar-refractivity contribution in [1.29, 1.82) is 0 Å². The van der Waals surface area contributed by atoms with Crippen molar-refractivity contribution in [2.24, 2.45) is 23.7 Å². The normalized spacial score (nSPS) is 38.1. The Balaban J connectivity index is 1.71. The summed E-state index contributed by atoms with van der Waals surface area (Å²) in [7, 11) is 0. The summed E-state index contributed by atoms with van der Waals surface area (Å²) < 4.78 is 0. The molecule has 106 valence electrons. The molecule has 0 aromatic heterocycles.